The highest BCUT2D eigenvalue weighted by Gasteiger charge is 2.39. The van der Waals surface area contributed by atoms with Gasteiger partial charge < -0.3 is 9.47 Å². The summed E-state index contributed by atoms with van der Waals surface area (Å²) >= 11 is 0. The molecule has 0 saturated carbocycles. The van der Waals surface area contributed by atoms with E-state index < -0.39 is 0 Å². The minimum Gasteiger partial charge on any atom is -0.333 e. The van der Waals surface area contributed by atoms with Crippen molar-refractivity contribution in [3.05, 3.63) is 192 Å². The van der Waals surface area contributed by atoms with Gasteiger partial charge in [-0.1, -0.05) is 151 Å². The van der Waals surface area contributed by atoms with Crippen LogP contribution in [0.4, 0.5) is 11.4 Å². The Kier molecular flexibility index (Phi) is 7.60. The topological polar surface area (TPSA) is 32.0 Å². The van der Waals surface area contributed by atoms with E-state index in [1.807, 2.05) is 18.2 Å². The zero-order valence-electron chi connectivity index (χ0n) is 30.4. The van der Waals surface area contributed by atoms with Crippen molar-refractivity contribution in [3.63, 3.8) is 0 Å². The van der Waals surface area contributed by atoms with Crippen LogP contribution >= 0.6 is 0 Å². The van der Waals surface area contributed by atoms with Crippen LogP contribution in [0.3, 0.4) is 0 Å². The SMILES string of the molecule is CC1=CC2c3cc(-c4ccccc4-c4ccccc4-c4cccc5c6ccccc6n([C@@H]6C=CC=C(C)C6)c45)ccc3N(c3ccccc3C#N)[C@@H]2C=C1. The second-order valence-electron chi connectivity index (χ2n) is 14.9. The van der Waals surface area contributed by atoms with Crippen molar-refractivity contribution in [1.29, 1.82) is 5.26 Å². The monoisotopic (exact) mass is 693 g/mol. The summed E-state index contributed by atoms with van der Waals surface area (Å²) < 4.78 is 2.58. The molecule has 0 spiro atoms. The molecular weight excluding hydrogens is 655 g/mol. The molecule has 7 aromatic rings. The zero-order chi connectivity index (χ0) is 36.3. The van der Waals surface area contributed by atoms with Gasteiger partial charge in [0.1, 0.15) is 6.07 Å². The summed E-state index contributed by atoms with van der Waals surface area (Å²) in [6, 6.07) is 51.2. The van der Waals surface area contributed by atoms with Crippen molar-refractivity contribution in [3.8, 4) is 39.4 Å². The number of benzene rings is 6. The summed E-state index contributed by atoms with van der Waals surface area (Å²) in [7, 11) is 0. The molecule has 1 unspecified atom stereocenters. The Bertz CT molecular complexity index is 2820. The molecule has 1 aliphatic heterocycles. The summed E-state index contributed by atoms with van der Waals surface area (Å²) in [4.78, 5) is 2.36. The number of anilines is 2. The molecule has 6 aromatic carbocycles. The average molecular weight is 694 g/mol. The predicted molar refractivity (Wildman–Crippen MR) is 225 cm³/mol. The number of allylic oxidation sites excluding steroid dienone is 6. The van der Waals surface area contributed by atoms with Gasteiger partial charge in [-0.25, -0.2) is 0 Å². The number of nitrogens with zero attached hydrogens (tertiary/aromatic N) is 3. The summed E-state index contributed by atoms with van der Waals surface area (Å²) in [6.45, 7) is 4.42. The van der Waals surface area contributed by atoms with Gasteiger partial charge in [-0.05, 0) is 84.0 Å². The van der Waals surface area contributed by atoms with Gasteiger partial charge in [0, 0.05) is 33.5 Å². The van der Waals surface area contributed by atoms with Gasteiger partial charge in [-0.2, -0.15) is 5.26 Å². The van der Waals surface area contributed by atoms with Crippen molar-refractivity contribution < 1.29 is 0 Å². The first-order chi connectivity index (χ1) is 26.6. The number of hydrogen-bond donors (Lipinski definition) is 0. The largest absolute Gasteiger partial charge is 0.333 e. The summed E-state index contributed by atoms with van der Waals surface area (Å²) in [6.07, 6.45) is 14.7. The van der Waals surface area contributed by atoms with E-state index in [0.29, 0.717) is 5.56 Å². The summed E-state index contributed by atoms with van der Waals surface area (Å²) in [5, 5.41) is 12.6. The highest BCUT2D eigenvalue weighted by Crippen LogP contribution is 2.51. The van der Waals surface area contributed by atoms with E-state index in [0.717, 1.165) is 17.8 Å². The van der Waals surface area contributed by atoms with Crippen molar-refractivity contribution in [1.82, 2.24) is 4.57 Å². The number of para-hydroxylation sites is 3. The third-order valence-electron chi connectivity index (χ3n) is 11.6. The second-order valence-corrected chi connectivity index (χ2v) is 14.9. The lowest BCUT2D eigenvalue weighted by atomic mass is 9.85. The van der Waals surface area contributed by atoms with E-state index in [1.165, 1.54) is 71.9 Å². The third kappa shape index (κ3) is 5.02. The fourth-order valence-corrected chi connectivity index (χ4v) is 9.29. The standard InChI is InChI=1S/C51H39N3/c1-33-13-11-15-37(29-33)53-48-24-10-8-20-42(48)44-22-12-21-43(51(44)53)41-19-7-6-18-40(41)39-17-5-4-16-38(39)35-26-28-50-46(31-35)45-30-34(2)25-27-49(45)54(50)47-23-9-3-14-36(47)32-52/h3-28,30-31,37,45,49H,29H2,1-2H3/t37-,45?,49-/m1/s1. The van der Waals surface area contributed by atoms with Crippen LogP contribution in [0.2, 0.25) is 0 Å². The molecule has 10 rings (SSSR count). The predicted octanol–water partition coefficient (Wildman–Crippen LogP) is 13.2. The first kappa shape index (κ1) is 32.1. The Hall–Kier alpha value is -6.63. The number of nitriles is 1. The van der Waals surface area contributed by atoms with Gasteiger partial charge in [0.05, 0.1) is 28.9 Å². The van der Waals surface area contributed by atoms with E-state index in [1.54, 1.807) is 0 Å². The molecular formula is C51H39N3. The molecule has 1 aromatic heterocycles. The zero-order valence-corrected chi connectivity index (χ0v) is 30.4. The maximum Gasteiger partial charge on any atom is 0.101 e. The first-order valence-corrected chi connectivity index (χ1v) is 18.9. The van der Waals surface area contributed by atoms with E-state index in [-0.39, 0.29) is 18.0 Å². The van der Waals surface area contributed by atoms with Crippen molar-refractivity contribution in [2.45, 2.75) is 38.3 Å². The van der Waals surface area contributed by atoms with Gasteiger partial charge in [0.2, 0.25) is 0 Å². The molecule has 3 atom stereocenters. The normalized spacial score (nSPS) is 18.7. The van der Waals surface area contributed by atoms with E-state index in [2.05, 4.69) is 181 Å². The molecule has 0 bridgehead atoms. The Morgan fingerprint density at radius 1 is 0.648 bits per heavy atom. The van der Waals surface area contributed by atoms with Gasteiger partial charge in [0.25, 0.3) is 0 Å². The molecule has 0 fully saturated rings. The third-order valence-corrected chi connectivity index (χ3v) is 11.6. The van der Waals surface area contributed by atoms with Crippen LogP contribution in [-0.2, 0) is 0 Å². The molecule has 0 N–H and O–H groups in total. The summed E-state index contributed by atoms with van der Waals surface area (Å²) in [5.41, 5.74) is 16.6. The van der Waals surface area contributed by atoms with Crippen LogP contribution in [0, 0.1) is 11.3 Å². The number of hydrogen-bond acceptors (Lipinski definition) is 2. The number of aromatic nitrogens is 1. The molecule has 3 nitrogen and oxygen atoms in total. The molecule has 2 aliphatic carbocycles. The minimum atomic E-state index is 0.106. The van der Waals surface area contributed by atoms with Crippen molar-refractivity contribution >= 4 is 33.2 Å². The van der Waals surface area contributed by atoms with Crippen LogP contribution in [0.15, 0.2) is 181 Å². The van der Waals surface area contributed by atoms with Crippen LogP contribution in [0.1, 0.15) is 43.4 Å². The average Bonchev–Trinajstić information content (AvgIpc) is 3.73. The maximum atomic E-state index is 10.1. The van der Waals surface area contributed by atoms with Gasteiger partial charge in [-0.3, -0.25) is 0 Å². The molecule has 0 saturated heterocycles. The van der Waals surface area contributed by atoms with Crippen LogP contribution in [-0.4, -0.2) is 10.6 Å². The van der Waals surface area contributed by atoms with Crippen molar-refractivity contribution in [2.24, 2.45) is 0 Å². The fourth-order valence-electron chi connectivity index (χ4n) is 9.29. The quantitative estimate of drug-likeness (QED) is 0.180. The Morgan fingerprint density at radius 2 is 1.33 bits per heavy atom. The van der Waals surface area contributed by atoms with Crippen molar-refractivity contribution in [2.75, 3.05) is 4.90 Å². The number of rotatable bonds is 5. The maximum absolute atomic E-state index is 10.1. The number of fused-ring (bicyclic) bond motifs is 6. The van der Waals surface area contributed by atoms with E-state index in [4.69, 9.17) is 0 Å². The Morgan fingerprint density at radius 3 is 2.15 bits per heavy atom. The Labute approximate surface area is 316 Å². The van der Waals surface area contributed by atoms with Crippen LogP contribution < -0.4 is 4.90 Å². The molecule has 0 amide bonds. The summed E-state index contributed by atoms with van der Waals surface area (Å²) in [5.74, 6) is 0.183. The highest BCUT2D eigenvalue weighted by atomic mass is 15.2. The minimum absolute atomic E-state index is 0.106. The van der Waals surface area contributed by atoms with E-state index in [9.17, 15) is 5.26 Å². The van der Waals surface area contributed by atoms with Gasteiger partial charge in [-0.15, -0.1) is 0 Å². The van der Waals surface area contributed by atoms with E-state index >= 15 is 0 Å². The lowest BCUT2D eigenvalue weighted by molar-refractivity contribution is 0.629. The smallest absolute Gasteiger partial charge is 0.101 e. The molecule has 3 aliphatic rings. The lowest BCUT2D eigenvalue weighted by Gasteiger charge is -2.30. The molecule has 258 valence electrons. The molecule has 2 heterocycles. The highest BCUT2D eigenvalue weighted by molar-refractivity contribution is 6.14. The Balaban J connectivity index is 1.15. The fraction of sp³-hybridized carbons (Fsp3) is 0.118. The van der Waals surface area contributed by atoms with Gasteiger partial charge in [0.15, 0.2) is 0 Å². The van der Waals surface area contributed by atoms with Gasteiger partial charge >= 0.3 is 0 Å². The van der Waals surface area contributed by atoms with Crippen LogP contribution in [0.5, 0.6) is 0 Å². The van der Waals surface area contributed by atoms with Crippen LogP contribution in [0.25, 0.3) is 55.2 Å². The molecule has 54 heavy (non-hydrogen) atoms. The lowest BCUT2D eigenvalue weighted by Crippen LogP contribution is -2.29. The second kappa shape index (κ2) is 12.8. The first-order valence-electron chi connectivity index (χ1n) is 18.9. The molecule has 0 radical (unpaired) electrons. The molecule has 3 heteroatoms.